The van der Waals surface area contributed by atoms with Gasteiger partial charge in [-0.05, 0) is 19.4 Å². The summed E-state index contributed by atoms with van der Waals surface area (Å²) in [6.45, 7) is -3.70. The number of aliphatic hydroxyl groups excluding tert-OH is 16. The molecule has 0 saturated carbocycles. The lowest BCUT2D eigenvalue weighted by Gasteiger charge is -2.49. The maximum atomic E-state index is 11.2. The zero-order chi connectivity index (χ0) is 46.3. The average Bonchev–Trinajstić information content (AvgIpc) is 3.28. The average molecular weight is 928 g/mol. The molecule has 15 unspecified atom stereocenters. The van der Waals surface area contributed by atoms with Gasteiger partial charge in [-0.2, -0.15) is 0 Å². The molecular weight excluding hydrogens is 862 g/mol. The van der Waals surface area contributed by atoms with Crippen LogP contribution >= 0.6 is 0 Å². The molecule has 5 aliphatic heterocycles. The minimum atomic E-state index is -2.11. The van der Waals surface area contributed by atoms with Crippen molar-refractivity contribution in [3.63, 3.8) is 0 Å². The van der Waals surface area contributed by atoms with Gasteiger partial charge in [-0.15, -0.1) is 0 Å². The molecule has 5 saturated heterocycles. The number of hydrogen-bond acceptors (Lipinski definition) is 27. The molecule has 18 N–H and O–H groups in total. The maximum absolute atomic E-state index is 11.2. The monoisotopic (exact) mass is 927 g/mol. The van der Waals surface area contributed by atoms with Crippen LogP contribution in [0.1, 0.15) is 25.7 Å². The number of nitrogens with two attached hydrogens (primary N) is 1. The predicted octanol–water partition coefficient (Wildman–Crippen LogP) is -10.4. The minimum absolute atomic E-state index is 0.158. The molecule has 0 bridgehead atoms. The van der Waals surface area contributed by atoms with Crippen LogP contribution in [-0.2, 0) is 47.4 Å². The Balaban J connectivity index is 1.19. The van der Waals surface area contributed by atoms with Crippen LogP contribution < -0.4 is 5.73 Å². The Bertz CT molecular complexity index is 1320. The highest BCUT2D eigenvalue weighted by Crippen LogP contribution is 2.35. The van der Waals surface area contributed by atoms with Gasteiger partial charge >= 0.3 is 0 Å². The predicted molar refractivity (Wildman–Crippen MR) is 198 cm³/mol. The molecule has 25 atom stereocenters. The van der Waals surface area contributed by atoms with E-state index in [2.05, 4.69) is 0 Å². The first-order chi connectivity index (χ1) is 30.1. The van der Waals surface area contributed by atoms with Gasteiger partial charge in [0.2, 0.25) is 0 Å². The first-order valence-corrected chi connectivity index (χ1v) is 20.8. The Hall–Kier alpha value is -1.08. The molecule has 0 aromatic rings. The van der Waals surface area contributed by atoms with Crippen LogP contribution in [0.3, 0.4) is 0 Å². The smallest absolute Gasteiger partial charge is 0.187 e. The molecular formula is C36H65NO26. The molecule has 0 aromatic carbocycles. The van der Waals surface area contributed by atoms with E-state index >= 15 is 0 Å². The van der Waals surface area contributed by atoms with Crippen molar-refractivity contribution < 1.29 is 129 Å². The number of unbranched alkanes of at least 4 members (excludes halogenated alkanes) is 3. The Morgan fingerprint density at radius 3 is 0.937 bits per heavy atom. The minimum Gasteiger partial charge on any atom is -0.394 e. The van der Waals surface area contributed by atoms with Crippen molar-refractivity contribution in [1.82, 2.24) is 0 Å². The summed E-state index contributed by atoms with van der Waals surface area (Å²) in [7, 11) is 0. The molecule has 0 aromatic heterocycles. The van der Waals surface area contributed by atoms with Gasteiger partial charge in [0.15, 0.2) is 31.5 Å². The molecule has 0 spiro atoms. The highest BCUT2D eigenvalue weighted by Gasteiger charge is 2.56. The van der Waals surface area contributed by atoms with Crippen LogP contribution in [0.2, 0.25) is 0 Å². The third-order valence-corrected chi connectivity index (χ3v) is 11.7. The SMILES string of the molecule is NCCCCCCO[C@@H]1OC(CO)[C@@H](O[C@H]2OC(CO)[C@H](O[C@H]3OC(CO)[C@@H](O[C@@H]4OC(CO)[C@@H](O[C@H]5OC(CO)[C@H](O)C(O)C5O)C(O)C4O)C(O)C3O)C(O)C2O)C(O)C1O. The van der Waals surface area contributed by atoms with Crippen molar-refractivity contribution in [2.75, 3.05) is 46.2 Å². The first kappa shape index (κ1) is 52.9. The van der Waals surface area contributed by atoms with Gasteiger partial charge in [0.25, 0.3) is 0 Å². The van der Waals surface area contributed by atoms with E-state index in [1.807, 2.05) is 0 Å². The normalized spacial score (nSPS) is 48.6. The fourth-order valence-corrected chi connectivity index (χ4v) is 7.96. The molecule has 5 fully saturated rings. The van der Waals surface area contributed by atoms with E-state index in [-0.39, 0.29) is 6.61 Å². The van der Waals surface area contributed by atoms with Gasteiger partial charge in [-0.3, -0.25) is 0 Å². The van der Waals surface area contributed by atoms with E-state index in [9.17, 15) is 81.7 Å². The lowest BCUT2D eigenvalue weighted by molar-refractivity contribution is -0.393. The zero-order valence-corrected chi connectivity index (χ0v) is 34.0. The first-order valence-electron chi connectivity index (χ1n) is 20.8. The molecule has 0 amide bonds. The molecule has 5 aliphatic rings. The van der Waals surface area contributed by atoms with E-state index in [0.717, 1.165) is 19.3 Å². The molecule has 5 rings (SSSR count). The topological polar surface area (TPSA) is 442 Å². The number of ether oxygens (including phenoxy) is 10. The van der Waals surface area contributed by atoms with Gasteiger partial charge < -0.3 is 135 Å². The third-order valence-electron chi connectivity index (χ3n) is 11.7. The van der Waals surface area contributed by atoms with Crippen LogP contribution in [0.5, 0.6) is 0 Å². The Kier molecular flexibility index (Phi) is 20.4. The van der Waals surface area contributed by atoms with Crippen molar-refractivity contribution in [1.29, 1.82) is 0 Å². The summed E-state index contributed by atoms with van der Waals surface area (Å²) in [5, 5.41) is 169. The summed E-state index contributed by atoms with van der Waals surface area (Å²) in [5.74, 6) is 0. The summed E-state index contributed by atoms with van der Waals surface area (Å²) >= 11 is 0. The van der Waals surface area contributed by atoms with Crippen molar-refractivity contribution in [2.24, 2.45) is 5.73 Å². The van der Waals surface area contributed by atoms with E-state index in [0.29, 0.717) is 13.0 Å². The Labute approximate surface area is 360 Å². The quantitative estimate of drug-likeness (QED) is 0.0504. The molecule has 0 aliphatic carbocycles. The van der Waals surface area contributed by atoms with Gasteiger partial charge in [0.05, 0.1) is 33.0 Å². The van der Waals surface area contributed by atoms with Crippen molar-refractivity contribution in [3.05, 3.63) is 0 Å². The molecule has 0 radical (unpaired) electrons. The largest absolute Gasteiger partial charge is 0.394 e. The van der Waals surface area contributed by atoms with Crippen LogP contribution in [0.4, 0.5) is 0 Å². The number of aliphatic hydroxyl groups is 16. The van der Waals surface area contributed by atoms with E-state index < -0.39 is 187 Å². The van der Waals surface area contributed by atoms with Gasteiger partial charge in [0, 0.05) is 6.61 Å². The fourth-order valence-electron chi connectivity index (χ4n) is 7.96. The zero-order valence-electron chi connectivity index (χ0n) is 34.0. The highest BCUT2D eigenvalue weighted by atomic mass is 16.8. The lowest BCUT2D eigenvalue weighted by atomic mass is 9.95. The number of rotatable bonds is 20. The van der Waals surface area contributed by atoms with Crippen molar-refractivity contribution in [2.45, 2.75) is 179 Å². The Morgan fingerprint density at radius 1 is 0.317 bits per heavy atom. The van der Waals surface area contributed by atoms with Gasteiger partial charge in [0.1, 0.15) is 122 Å². The second-order valence-electron chi connectivity index (χ2n) is 16.0. The Morgan fingerprint density at radius 2 is 0.603 bits per heavy atom. The van der Waals surface area contributed by atoms with Crippen molar-refractivity contribution in [3.8, 4) is 0 Å². The molecule has 27 nitrogen and oxygen atoms in total. The van der Waals surface area contributed by atoms with Gasteiger partial charge in [-0.25, -0.2) is 0 Å². The molecule has 5 heterocycles. The van der Waals surface area contributed by atoms with E-state index in [1.165, 1.54) is 0 Å². The second kappa shape index (κ2) is 24.3. The summed E-state index contributed by atoms with van der Waals surface area (Å²) in [5.41, 5.74) is 5.49. The highest BCUT2D eigenvalue weighted by molar-refractivity contribution is 4.99. The summed E-state index contributed by atoms with van der Waals surface area (Å²) in [6, 6.07) is 0. The van der Waals surface area contributed by atoms with Crippen molar-refractivity contribution >= 4 is 0 Å². The van der Waals surface area contributed by atoms with Crippen LogP contribution in [0, 0.1) is 0 Å². The summed E-state index contributed by atoms with van der Waals surface area (Å²) < 4.78 is 55.9. The standard InChI is InChI=1S/C36H65NO26/c37-5-3-1-2-4-6-54-32-24(50)19(45)28(13(8-39)56-32)61-34-26(52)21(47)30(15(10-41)58-34)63-36-27(53)22(48)31(16(11-42)59-36)62-35-25(51)20(46)29(14(9-40)57-35)60-33-23(49)18(44)17(43)12(7-38)55-33/h12-36,38-53H,1-11,37H2/t12?,13?,14?,15?,16?,17-,18?,19?,20?,21?,22?,23?,24?,25?,26?,27?,28+,29+,30-,31+,32+,33+,34+,35-,36+/m0/s1. The lowest BCUT2D eigenvalue weighted by Crippen LogP contribution is -2.68. The summed E-state index contributed by atoms with van der Waals surface area (Å²) in [4.78, 5) is 0. The number of hydrogen-bond donors (Lipinski definition) is 17. The fraction of sp³-hybridized carbons (Fsp3) is 1.00. The maximum Gasteiger partial charge on any atom is 0.187 e. The van der Waals surface area contributed by atoms with Crippen LogP contribution in [0.15, 0.2) is 0 Å². The summed E-state index contributed by atoms with van der Waals surface area (Å²) in [6.07, 6.45) is -41.5. The second-order valence-corrected chi connectivity index (χ2v) is 16.0. The molecule has 370 valence electrons. The molecule has 63 heavy (non-hydrogen) atoms. The van der Waals surface area contributed by atoms with Gasteiger partial charge in [-0.1, -0.05) is 12.8 Å². The van der Waals surface area contributed by atoms with E-state index in [1.54, 1.807) is 0 Å². The van der Waals surface area contributed by atoms with Crippen LogP contribution in [-0.4, -0.2) is 281 Å². The van der Waals surface area contributed by atoms with E-state index in [4.69, 9.17) is 53.1 Å². The molecule has 27 heteroatoms. The third kappa shape index (κ3) is 12.0. The van der Waals surface area contributed by atoms with Crippen LogP contribution in [0.25, 0.3) is 0 Å².